The molecule has 0 heterocycles. The number of rotatable bonds is 4. The van der Waals surface area contributed by atoms with Gasteiger partial charge in [-0.05, 0) is 18.2 Å². The number of nitrogens with zero attached hydrogens (tertiary/aromatic N) is 2. The number of nitrogen functional groups attached to an aromatic ring is 1. The van der Waals surface area contributed by atoms with Gasteiger partial charge in [0.25, 0.3) is 17.3 Å². The number of nitrogens with two attached hydrogens (primary N) is 1. The second kappa shape index (κ2) is 5.87. The second-order valence-corrected chi connectivity index (χ2v) is 4.25. The number of carbonyl (C=O) groups excluding carboxylic acids is 1. The number of anilines is 2. The Balaban J connectivity index is 2.24. The third-order valence-corrected chi connectivity index (χ3v) is 2.87. The van der Waals surface area contributed by atoms with Gasteiger partial charge in [0.15, 0.2) is 0 Å². The molecule has 2 aromatic rings. The quantitative estimate of drug-likeness (QED) is 0.504. The monoisotopic (exact) mass is 302 g/mol. The number of benzene rings is 2. The normalized spacial score (nSPS) is 10.0. The van der Waals surface area contributed by atoms with Gasteiger partial charge in [-0.1, -0.05) is 6.07 Å². The van der Waals surface area contributed by atoms with Crippen molar-refractivity contribution in [2.75, 3.05) is 11.1 Å². The lowest BCUT2D eigenvalue weighted by molar-refractivity contribution is -0.384. The van der Waals surface area contributed by atoms with E-state index in [1.165, 1.54) is 42.5 Å². The molecule has 0 aromatic heterocycles. The van der Waals surface area contributed by atoms with E-state index >= 15 is 0 Å². The molecular weight excluding hydrogens is 292 g/mol. The number of para-hydroxylation sites is 1. The molecule has 0 aliphatic carbocycles. The van der Waals surface area contributed by atoms with Crippen molar-refractivity contribution in [2.24, 2.45) is 0 Å². The van der Waals surface area contributed by atoms with Crippen molar-refractivity contribution in [3.05, 3.63) is 68.3 Å². The molecular formula is C13H10N4O5. The Morgan fingerprint density at radius 3 is 2.18 bits per heavy atom. The fraction of sp³-hybridized carbons (Fsp3) is 0. The predicted octanol–water partition coefficient (Wildman–Crippen LogP) is 2.34. The molecule has 0 aliphatic rings. The van der Waals surface area contributed by atoms with Crippen LogP contribution < -0.4 is 11.1 Å². The van der Waals surface area contributed by atoms with Gasteiger partial charge in [0, 0.05) is 23.8 Å². The third-order valence-electron chi connectivity index (χ3n) is 2.87. The minimum absolute atomic E-state index is 0.0950. The molecule has 2 rings (SSSR count). The summed E-state index contributed by atoms with van der Waals surface area (Å²) in [7, 11) is 0. The van der Waals surface area contributed by atoms with Crippen molar-refractivity contribution in [1.29, 1.82) is 0 Å². The van der Waals surface area contributed by atoms with E-state index in [9.17, 15) is 25.0 Å². The smallest absolute Gasteiger partial charge is 0.294 e. The van der Waals surface area contributed by atoms with E-state index < -0.39 is 15.8 Å². The predicted molar refractivity (Wildman–Crippen MR) is 78.6 cm³/mol. The molecule has 1 amide bonds. The Bertz CT molecular complexity index is 758. The highest BCUT2D eigenvalue weighted by molar-refractivity contribution is 6.06. The lowest BCUT2D eigenvalue weighted by atomic mass is 10.1. The minimum atomic E-state index is -0.656. The zero-order valence-corrected chi connectivity index (χ0v) is 11.1. The summed E-state index contributed by atoms with van der Waals surface area (Å²) < 4.78 is 0. The van der Waals surface area contributed by atoms with Crippen molar-refractivity contribution >= 4 is 28.7 Å². The largest absolute Gasteiger partial charge is 0.391 e. The Morgan fingerprint density at radius 2 is 1.64 bits per heavy atom. The van der Waals surface area contributed by atoms with Gasteiger partial charge >= 0.3 is 0 Å². The highest BCUT2D eigenvalue weighted by Crippen LogP contribution is 2.29. The number of hydrogen-bond acceptors (Lipinski definition) is 6. The van der Waals surface area contributed by atoms with Gasteiger partial charge in [-0.15, -0.1) is 0 Å². The van der Waals surface area contributed by atoms with E-state index in [4.69, 9.17) is 5.73 Å². The first-order valence-electron chi connectivity index (χ1n) is 5.99. The van der Waals surface area contributed by atoms with Crippen LogP contribution in [0, 0.1) is 20.2 Å². The molecule has 0 saturated carbocycles. The topological polar surface area (TPSA) is 141 Å². The summed E-state index contributed by atoms with van der Waals surface area (Å²) in [5.74, 6) is -0.581. The van der Waals surface area contributed by atoms with Crippen LogP contribution in [0.15, 0.2) is 42.5 Å². The van der Waals surface area contributed by atoms with Crippen LogP contribution in [0.1, 0.15) is 10.4 Å². The summed E-state index contributed by atoms with van der Waals surface area (Å²) in [5, 5.41) is 23.8. The van der Waals surface area contributed by atoms with Crippen LogP contribution in [0.4, 0.5) is 22.7 Å². The Kier molecular flexibility index (Phi) is 3.98. The highest BCUT2D eigenvalue weighted by Gasteiger charge is 2.17. The number of nitro benzene ring substituents is 2. The van der Waals surface area contributed by atoms with Gasteiger partial charge in [0.1, 0.15) is 5.69 Å². The summed E-state index contributed by atoms with van der Waals surface area (Å²) in [6.07, 6.45) is 0. The molecule has 0 spiro atoms. The molecule has 0 fully saturated rings. The first kappa shape index (κ1) is 14.9. The highest BCUT2D eigenvalue weighted by atomic mass is 16.6. The lowest BCUT2D eigenvalue weighted by Crippen LogP contribution is -2.13. The van der Waals surface area contributed by atoms with E-state index in [1.54, 1.807) is 0 Å². The average Bonchev–Trinajstić information content (AvgIpc) is 2.49. The molecule has 3 N–H and O–H groups in total. The van der Waals surface area contributed by atoms with Gasteiger partial charge in [-0.25, -0.2) is 0 Å². The van der Waals surface area contributed by atoms with Crippen molar-refractivity contribution in [1.82, 2.24) is 0 Å². The summed E-state index contributed by atoms with van der Waals surface area (Å²) in [5.41, 5.74) is 5.26. The van der Waals surface area contributed by atoms with Crippen LogP contribution in [-0.4, -0.2) is 15.8 Å². The first-order valence-corrected chi connectivity index (χ1v) is 5.99. The molecule has 0 saturated heterocycles. The third kappa shape index (κ3) is 2.98. The standard InChI is InChI=1S/C13H10N4O5/c14-12-10(2-1-3-11(12)17(21)22)15-13(18)8-4-6-9(7-5-8)16(19)20/h1-7H,14H2,(H,15,18). The zero-order valence-electron chi connectivity index (χ0n) is 11.1. The summed E-state index contributed by atoms with van der Waals surface area (Å²) in [6.45, 7) is 0. The van der Waals surface area contributed by atoms with E-state index in [-0.39, 0.29) is 28.3 Å². The van der Waals surface area contributed by atoms with Crippen LogP contribution in [0.5, 0.6) is 0 Å². The number of non-ortho nitro benzene ring substituents is 1. The first-order chi connectivity index (χ1) is 10.4. The fourth-order valence-corrected chi connectivity index (χ4v) is 1.75. The van der Waals surface area contributed by atoms with Gasteiger partial charge in [-0.2, -0.15) is 0 Å². The van der Waals surface area contributed by atoms with E-state index in [0.717, 1.165) is 0 Å². The van der Waals surface area contributed by atoms with Crippen molar-refractivity contribution in [2.45, 2.75) is 0 Å². The maximum Gasteiger partial charge on any atom is 0.294 e. The number of hydrogen-bond donors (Lipinski definition) is 2. The number of amides is 1. The zero-order chi connectivity index (χ0) is 16.3. The fourth-order valence-electron chi connectivity index (χ4n) is 1.75. The summed E-state index contributed by atoms with van der Waals surface area (Å²) in [4.78, 5) is 32.1. The van der Waals surface area contributed by atoms with E-state index in [0.29, 0.717) is 0 Å². The number of carbonyl (C=O) groups is 1. The van der Waals surface area contributed by atoms with Gasteiger partial charge in [-0.3, -0.25) is 25.0 Å². The number of nitro groups is 2. The van der Waals surface area contributed by atoms with Crippen molar-refractivity contribution < 1.29 is 14.6 Å². The Labute approximate surface area is 123 Å². The van der Waals surface area contributed by atoms with Crippen molar-refractivity contribution in [3.8, 4) is 0 Å². The molecule has 0 atom stereocenters. The van der Waals surface area contributed by atoms with Gasteiger partial charge in [0.05, 0.1) is 15.5 Å². The number of nitrogens with one attached hydrogen (secondary N) is 1. The molecule has 0 radical (unpaired) electrons. The molecule has 22 heavy (non-hydrogen) atoms. The van der Waals surface area contributed by atoms with E-state index in [2.05, 4.69) is 5.32 Å². The summed E-state index contributed by atoms with van der Waals surface area (Å²) in [6, 6.07) is 8.96. The van der Waals surface area contributed by atoms with Gasteiger partial charge in [0.2, 0.25) is 0 Å². The molecule has 9 heteroatoms. The van der Waals surface area contributed by atoms with Crippen LogP contribution in [0.2, 0.25) is 0 Å². The maximum atomic E-state index is 12.0. The minimum Gasteiger partial charge on any atom is -0.391 e. The van der Waals surface area contributed by atoms with Crippen LogP contribution in [-0.2, 0) is 0 Å². The van der Waals surface area contributed by atoms with Crippen LogP contribution in [0.25, 0.3) is 0 Å². The maximum absolute atomic E-state index is 12.0. The van der Waals surface area contributed by atoms with Crippen LogP contribution >= 0.6 is 0 Å². The molecule has 112 valence electrons. The summed E-state index contributed by atoms with van der Waals surface area (Å²) >= 11 is 0. The van der Waals surface area contributed by atoms with E-state index in [1.807, 2.05) is 0 Å². The molecule has 9 nitrogen and oxygen atoms in total. The SMILES string of the molecule is Nc1c(NC(=O)c2ccc([N+](=O)[O-])cc2)cccc1[N+](=O)[O-]. The Morgan fingerprint density at radius 1 is 1.00 bits per heavy atom. The molecule has 0 unspecified atom stereocenters. The average molecular weight is 302 g/mol. The molecule has 0 bridgehead atoms. The van der Waals surface area contributed by atoms with Crippen molar-refractivity contribution in [3.63, 3.8) is 0 Å². The molecule has 2 aromatic carbocycles. The van der Waals surface area contributed by atoms with Crippen LogP contribution in [0.3, 0.4) is 0 Å². The molecule has 0 aliphatic heterocycles. The lowest BCUT2D eigenvalue weighted by Gasteiger charge is -2.08. The van der Waals surface area contributed by atoms with Gasteiger partial charge < -0.3 is 11.1 Å². The Hall–Kier alpha value is -3.49. The second-order valence-electron chi connectivity index (χ2n) is 4.25.